The van der Waals surface area contributed by atoms with Gasteiger partial charge in [-0.3, -0.25) is 0 Å². The van der Waals surface area contributed by atoms with E-state index in [9.17, 15) is 8.42 Å². The third-order valence-corrected chi connectivity index (χ3v) is 6.08. The lowest BCUT2D eigenvalue weighted by molar-refractivity contribution is 0.243. The van der Waals surface area contributed by atoms with Gasteiger partial charge in [0.05, 0.1) is 17.0 Å². The van der Waals surface area contributed by atoms with Crippen LogP contribution in [0, 0.1) is 5.92 Å². The molecule has 0 amide bonds. The van der Waals surface area contributed by atoms with Crippen LogP contribution < -0.4 is 10.5 Å². The molecule has 21 heavy (non-hydrogen) atoms. The molecule has 0 saturated carbocycles. The number of methoxy groups -OCH3 is 1. The van der Waals surface area contributed by atoms with E-state index in [0.29, 0.717) is 23.9 Å². The van der Waals surface area contributed by atoms with Crippen molar-refractivity contribution in [2.75, 3.05) is 20.2 Å². The Morgan fingerprint density at radius 3 is 2.76 bits per heavy atom. The van der Waals surface area contributed by atoms with Gasteiger partial charge >= 0.3 is 0 Å². The molecule has 2 atom stereocenters. The third kappa shape index (κ3) is 3.51. The molecule has 118 valence electrons. The van der Waals surface area contributed by atoms with Gasteiger partial charge in [-0.15, -0.1) is 0 Å². The number of benzene rings is 1. The molecule has 0 bridgehead atoms. The molecule has 0 radical (unpaired) electrons. The number of halogens is 1. The van der Waals surface area contributed by atoms with Crippen LogP contribution in [0.4, 0.5) is 0 Å². The molecule has 1 aromatic rings. The number of sulfonamides is 1. The molecule has 1 aromatic carbocycles. The van der Waals surface area contributed by atoms with Crippen molar-refractivity contribution in [3.8, 4) is 5.75 Å². The Morgan fingerprint density at radius 1 is 1.48 bits per heavy atom. The van der Waals surface area contributed by atoms with Crippen LogP contribution in [0.25, 0.3) is 0 Å². The van der Waals surface area contributed by atoms with Gasteiger partial charge in [-0.05, 0) is 43.9 Å². The van der Waals surface area contributed by atoms with Crippen LogP contribution in [0.3, 0.4) is 0 Å². The predicted octanol–water partition coefficient (Wildman–Crippen LogP) is 2.10. The first-order valence-corrected chi connectivity index (χ1v) is 8.77. The largest absolute Gasteiger partial charge is 0.495 e. The van der Waals surface area contributed by atoms with Gasteiger partial charge in [-0.2, -0.15) is 4.31 Å². The summed E-state index contributed by atoms with van der Waals surface area (Å²) in [5.41, 5.74) is 5.91. The molecule has 0 unspecified atom stereocenters. The zero-order valence-electron chi connectivity index (χ0n) is 12.3. The van der Waals surface area contributed by atoms with Crippen LogP contribution in [-0.4, -0.2) is 39.0 Å². The summed E-state index contributed by atoms with van der Waals surface area (Å²) in [5, 5.41) is 0.291. The third-order valence-electron chi connectivity index (χ3n) is 3.93. The van der Waals surface area contributed by atoms with Crippen LogP contribution >= 0.6 is 11.6 Å². The fourth-order valence-corrected chi connectivity index (χ4v) is 4.46. The lowest BCUT2D eigenvalue weighted by atomic mass is 9.93. The van der Waals surface area contributed by atoms with E-state index < -0.39 is 10.0 Å². The zero-order valence-corrected chi connectivity index (χ0v) is 13.8. The summed E-state index contributed by atoms with van der Waals surface area (Å²) < 4.78 is 31.9. The van der Waals surface area contributed by atoms with E-state index in [0.717, 1.165) is 12.8 Å². The molecule has 7 heteroatoms. The molecule has 1 saturated heterocycles. The zero-order chi connectivity index (χ0) is 15.6. The second-order valence-electron chi connectivity index (χ2n) is 5.42. The summed E-state index contributed by atoms with van der Waals surface area (Å²) in [4.78, 5) is 0.193. The predicted molar refractivity (Wildman–Crippen MR) is 83.1 cm³/mol. The fourth-order valence-electron chi connectivity index (χ4n) is 2.58. The van der Waals surface area contributed by atoms with Crippen molar-refractivity contribution >= 4 is 21.6 Å². The molecule has 5 nitrogen and oxygen atoms in total. The standard InChI is InChI=1S/C14H21ClN2O3S/c1-10(16)11-4-3-7-17(9-11)21(18,19)12-5-6-14(20-2)13(15)8-12/h5-6,8,10-11H,3-4,7,9,16H2,1-2H3/t10-,11-/m1/s1. The number of hydrogen-bond acceptors (Lipinski definition) is 4. The van der Waals surface area contributed by atoms with Crippen LogP contribution in [0.2, 0.25) is 5.02 Å². The van der Waals surface area contributed by atoms with Crippen LogP contribution in [0.5, 0.6) is 5.75 Å². The Hall–Kier alpha value is -0.820. The first-order valence-electron chi connectivity index (χ1n) is 6.95. The summed E-state index contributed by atoms with van der Waals surface area (Å²) in [6.45, 7) is 2.91. The number of rotatable bonds is 4. The second kappa shape index (κ2) is 6.52. The average molecular weight is 333 g/mol. The van der Waals surface area contributed by atoms with Crippen molar-refractivity contribution in [1.82, 2.24) is 4.31 Å². The fraction of sp³-hybridized carbons (Fsp3) is 0.571. The van der Waals surface area contributed by atoms with E-state index in [1.54, 1.807) is 6.07 Å². The maximum absolute atomic E-state index is 12.7. The van der Waals surface area contributed by atoms with Crippen LogP contribution in [0.1, 0.15) is 19.8 Å². The highest BCUT2D eigenvalue weighted by molar-refractivity contribution is 7.89. The van der Waals surface area contributed by atoms with Gasteiger partial charge in [0, 0.05) is 19.1 Å². The highest BCUT2D eigenvalue weighted by Crippen LogP contribution is 2.30. The number of nitrogens with two attached hydrogens (primary N) is 1. The first-order chi connectivity index (χ1) is 9.86. The van der Waals surface area contributed by atoms with E-state index in [-0.39, 0.29) is 16.9 Å². The SMILES string of the molecule is COc1ccc(S(=O)(=O)N2CCC[C@@H]([C@@H](C)N)C2)cc1Cl. The maximum atomic E-state index is 12.7. The van der Waals surface area contributed by atoms with Crippen LogP contribution in [0.15, 0.2) is 23.1 Å². The van der Waals surface area contributed by atoms with Gasteiger partial charge in [-0.1, -0.05) is 11.6 Å². The molecule has 2 rings (SSSR count). The quantitative estimate of drug-likeness (QED) is 0.916. The highest BCUT2D eigenvalue weighted by Gasteiger charge is 2.31. The van der Waals surface area contributed by atoms with Gasteiger partial charge in [0.15, 0.2) is 0 Å². The Bertz CT molecular complexity index is 604. The Kier molecular flexibility index (Phi) is 5.14. The monoisotopic (exact) mass is 332 g/mol. The van der Waals surface area contributed by atoms with Gasteiger partial charge in [0.2, 0.25) is 10.0 Å². The van der Waals surface area contributed by atoms with Gasteiger partial charge < -0.3 is 10.5 Å². The summed E-state index contributed by atoms with van der Waals surface area (Å²) in [7, 11) is -2.04. The number of ether oxygens (including phenoxy) is 1. The van der Waals surface area contributed by atoms with E-state index in [1.165, 1.54) is 23.5 Å². The van der Waals surface area contributed by atoms with E-state index in [4.69, 9.17) is 22.1 Å². The number of piperidine rings is 1. The first kappa shape index (κ1) is 16.5. The molecule has 1 heterocycles. The minimum absolute atomic E-state index is 0.0116. The van der Waals surface area contributed by atoms with Gasteiger partial charge in [0.25, 0.3) is 0 Å². The second-order valence-corrected chi connectivity index (χ2v) is 7.77. The molecule has 1 fully saturated rings. The normalized spacial score (nSPS) is 22.0. The Labute approximate surface area is 131 Å². The molecule has 0 spiro atoms. The Morgan fingerprint density at radius 2 is 2.19 bits per heavy atom. The van der Waals surface area contributed by atoms with E-state index in [2.05, 4.69) is 0 Å². The molecule has 1 aliphatic heterocycles. The van der Waals surface area contributed by atoms with Crippen molar-refractivity contribution in [1.29, 1.82) is 0 Å². The number of hydrogen-bond donors (Lipinski definition) is 1. The van der Waals surface area contributed by atoms with E-state index >= 15 is 0 Å². The smallest absolute Gasteiger partial charge is 0.243 e. The van der Waals surface area contributed by atoms with E-state index in [1.807, 2.05) is 6.92 Å². The average Bonchev–Trinajstić information content (AvgIpc) is 2.47. The lowest BCUT2D eigenvalue weighted by Gasteiger charge is -2.33. The molecule has 1 aliphatic rings. The molecular weight excluding hydrogens is 312 g/mol. The summed E-state index contributed by atoms with van der Waals surface area (Å²) in [6.07, 6.45) is 1.79. The van der Waals surface area contributed by atoms with Crippen molar-refractivity contribution in [2.24, 2.45) is 11.7 Å². The minimum Gasteiger partial charge on any atom is -0.495 e. The molecule has 0 aliphatic carbocycles. The van der Waals surface area contributed by atoms with Crippen LogP contribution in [-0.2, 0) is 10.0 Å². The van der Waals surface area contributed by atoms with Gasteiger partial charge in [0.1, 0.15) is 5.75 Å². The Balaban J connectivity index is 2.27. The lowest BCUT2D eigenvalue weighted by Crippen LogP contribution is -2.44. The summed E-state index contributed by atoms with van der Waals surface area (Å²) >= 11 is 6.03. The molecule has 2 N–H and O–H groups in total. The topological polar surface area (TPSA) is 72.6 Å². The van der Waals surface area contributed by atoms with Crippen molar-refractivity contribution in [3.63, 3.8) is 0 Å². The molecular formula is C14H21ClN2O3S. The summed E-state index contributed by atoms with van der Waals surface area (Å²) in [6, 6.07) is 4.52. The summed E-state index contributed by atoms with van der Waals surface area (Å²) in [5.74, 6) is 0.657. The van der Waals surface area contributed by atoms with Crippen molar-refractivity contribution in [2.45, 2.75) is 30.7 Å². The van der Waals surface area contributed by atoms with Crippen molar-refractivity contribution < 1.29 is 13.2 Å². The maximum Gasteiger partial charge on any atom is 0.243 e. The minimum atomic E-state index is -3.54. The number of nitrogens with zero attached hydrogens (tertiary/aromatic N) is 1. The van der Waals surface area contributed by atoms with Gasteiger partial charge in [-0.25, -0.2) is 8.42 Å². The van der Waals surface area contributed by atoms with Crippen molar-refractivity contribution in [3.05, 3.63) is 23.2 Å². The highest BCUT2D eigenvalue weighted by atomic mass is 35.5. The molecule has 0 aromatic heterocycles.